The first-order valence-electron chi connectivity index (χ1n) is 6.94. The van der Waals surface area contributed by atoms with E-state index in [1.54, 1.807) is 18.2 Å². The zero-order valence-corrected chi connectivity index (χ0v) is 11.3. The third-order valence-electron chi connectivity index (χ3n) is 3.98. The number of Topliss-reactive ketones (excluding diaryl/α,β-unsaturated/α-hetero) is 1. The maximum absolute atomic E-state index is 12.1. The molecule has 1 unspecified atom stereocenters. The number of hydrogen-bond donors (Lipinski definition) is 0. The van der Waals surface area contributed by atoms with Gasteiger partial charge in [-0.25, -0.2) is 0 Å². The first kappa shape index (κ1) is 12.1. The predicted molar refractivity (Wildman–Crippen MR) is 77.7 cm³/mol. The standard InChI is InChI=1S/C17H13NO3/c19-16-13-6-2-3-7-14(13)18(17(16)20)10-12-9-11-5-1-4-8-15(11)21-12/h1-8,12H,9-10H2. The number of ketones is 1. The summed E-state index contributed by atoms with van der Waals surface area (Å²) in [4.78, 5) is 25.6. The summed E-state index contributed by atoms with van der Waals surface area (Å²) in [5, 5.41) is 0. The number of carbonyl (C=O) groups is 2. The van der Waals surface area contributed by atoms with Crippen LogP contribution >= 0.6 is 0 Å². The van der Waals surface area contributed by atoms with Gasteiger partial charge in [0.25, 0.3) is 11.7 Å². The van der Waals surface area contributed by atoms with Gasteiger partial charge in [0.05, 0.1) is 17.8 Å². The Bertz CT molecular complexity index is 728. The lowest BCUT2D eigenvalue weighted by Crippen LogP contribution is -2.38. The van der Waals surface area contributed by atoms with Crippen LogP contribution in [0.1, 0.15) is 15.9 Å². The number of hydrogen-bond acceptors (Lipinski definition) is 3. The van der Waals surface area contributed by atoms with E-state index in [0.717, 1.165) is 17.7 Å². The van der Waals surface area contributed by atoms with Crippen LogP contribution in [0.4, 0.5) is 5.69 Å². The molecule has 1 atom stereocenters. The average molecular weight is 279 g/mol. The van der Waals surface area contributed by atoms with E-state index >= 15 is 0 Å². The molecule has 104 valence electrons. The Kier molecular flexibility index (Phi) is 2.57. The summed E-state index contributed by atoms with van der Waals surface area (Å²) in [5.74, 6) is -0.0226. The minimum Gasteiger partial charge on any atom is -0.488 e. The lowest BCUT2D eigenvalue weighted by atomic mass is 10.1. The van der Waals surface area contributed by atoms with Crippen molar-refractivity contribution in [2.24, 2.45) is 0 Å². The smallest absolute Gasteiger partial charge is 0.299 e. The highest BCUT2D eigenvalue weighted by Crippen LogP contribution is 2.32. The van der Waals surface area contributed by atoms with Crippen LogP contribution in [0.15, 0.2) is 48.5 Å². The molecule has 0 radical (unpaired) electrons. The summed E-state index contributed by atoms with van der Waals surface area (Å²) in [6, 6.07) is 15.0. The number of anilines is 1. The molecule has 2 aromatic carbocycles. The molecule has 21 heavy (non-hydrogen) atoms. The number of amides is 1. The molecule has 1 amide bonds. The SMILES string of the molecule is O=C1C(=O)N(CC2Cc3ccccc3O2)c2ccccc21. The second-order valence-electron chi connectivity index (χ2n) is 5.31. The van der Waals surface area contributed by atoms with Crippen LogP contribution in [0.3, 0.4) is 0 Å². The first-order chi connectivity index (χ1) is 10.2. The van der Waals surface area contributed by atoms with E-state index in [9.17, 15) is 9.59 Å². The van der Waals surface area contributed by atoms with Crippen molar-refractivity contribution >= 4 is 17.4 Å². The van der Waals surface area contributed by atoms with E-state index < -0.39 is 11.7 Å². The monoisotopic (exact) mass is 279 g/mol. The first-order valence-corrected chi connectivity index (χ1v) is 6.94. The van der Waals surface area contributed by atoms with E-state index in [-0.39, 0.29) is 6.10 Å². The largest absolute Gasteiger partial charge is 0.488 e. The number of ether oxygens (including phenoxy) is 1. The van der Waals surface area contributed by atoms with E-state index in [1.807, 2.05) is 30.3 Å². The Morgan fingerprint density at radius 1 is 1.05 bits per heavy atom. The number of nitrogens with zero attached hydrogens (tertiary/aromatic N) is 1. The number of benzene rings is 2. The van der Waals surface area contributed by atoms with E-state index in [0.29, 0.717) is 17.8 Å². The molecule has 2 aliphatic rings. The molecule has 2 aliphatic heterocycles. The average Bonchev–Trinajstić information content (AvgIpc) is 3.02. The van der Waals surface area contributed by atoms with Crippen LogP contribution < -0.4 is 9.64 Å². The van der Waals surface area contributed by atoms with Gasteiger partial charge in [-0.1, -0.05) is 30.3 Å². The van der Waals surface area contributed by atoms with Crippen LogP contribution in [-0.2, 0) is 11.2 Å². The maximum atomic E-state index is 12.1. The van der Waals surface area contributed by atoms with Gasteiger partial charge in [0.2, 0.25) is 0 Å². The molecular formula is C17H13NO3. The number of carbonyl (C=O) groups excluding carboxylic acids is 2. The number of para-hydroxylation sites is 2. The fraction of sp³-hybridized carbons (Fsp3) is 0.176. The maximum Gasteiger partial charge on any atom is 0.299 e. The van der Waals surface area contributed by atoms with Crippen LogP contribution in [0.25, 0.3) is 0 Å². The van der Waals surface area contributed by atoms with Gasteiger partial charge in [-0.05, 0) is 23.8 Å². The fourth-order valence-corrected chi connectivity index (χ4v) is 2.99. The molecule has 0 N–H and O–H groups in total. The van der Waals surface area contributed by atoms with Crippen molar-refractivity contribution in [1.29, 1.82) is 0 Å². The fourth-order valence-electron chi connectivity index (χ4n) is 2.99. The van der Waals surface area contributed by atoms with Gasteiger partial charge in [0, 0.05) is 6.42 Å². The van der Waals surface area contributed by atoms with Gasteiger partial charge >= 0.3 is 0 Å². The summed E-state index contributed by atoms with van der Waals surface area (Å²) in [6.07, 6.45) is 0.654. The van der Waals surface area contributed by atoms with Gasteiger partial charge in [0.15, 0.2) is 0 Å². The number of rotatable bonds is 2. The Morgan fingerprint density at radius 3 is 2.67 bits per heavy atom. The number of fused-ring (bicyclic) bond motifs is 2. The minimum absolute atomic E-state index is 0.106. The van der Waals surface area contributed by atoms with Crippen LogP contribution in [-0.4, -0.2) is 24.3 Å². The van der Waals surface area contributed by atoms with E-state index in [1.165, 1.54) is 4.90 Å². The molecule has 4 rings (SSSR count). The van der Waals surface area contributed by atoms with Gasteiger partial charge in [-0.2, -0.15) is 0 Å². The highest BCUT2D eigenvalue weighted by molar-refractivity contribution is 6.52. The molecule has 0 fully saturated rings. The summed E-state index contributed by atoms with van der Waals surface area (Å²) in [5.41, 5.74) is 2.32. The lowest BCUT2D eigenvalue weighted by molar-refractivity contribution is -0.114. The highest BCUT2D eigenvalue weighted by atomic mass is 16.5. The molecule has 4 heteroatoms. The van der Waals surface area contributed by atoms with Gasteiger partial charge in [-0.3, -0.25) is 9.59 Å². The molecule has 4 nitrogen and oxygen atoms in total. The van der Waals surface area contributed by atoms with Crippen molar-refractivity contribution < 1.29 is 14.3 Å². The lowest BCUT2D eigenvalue weighted by Gasteiger charge is -2.20. The zero-order valence-electron chi connectivity index (χ0n) is 11.3. The quantitative estimate of drug-likeness (QED) is 0.792. The van der Waals surface area contributed by atoms with Crippen LogP contribution in [0.5, 0.6) is 5.75 Å². The summed E-state index contributed by atoms with van der Waals surface area (Å²) in [6.45, 7) is 0.399. The van der Waals surface area contributed by atoms with Crippen LogP contribution in [0.2, 0.25) is 0 Å². The van der Waals surface area contributed by atoms with Crippen molar-refractivity contribution in [3.05, 3.63) is 59.7 Å². The summed E-state index contributed by atoms with van der Waals surface area (Å²) >= 11 is 0. The summed E-state index contributed by atoms with van der Waals surface area (Å²) in [7, 11) is 0. The van der Waals surface area contributed by atoms with Crippen molar-refractivity contribution in [2.45, 2.75) is 12.5 Å². The molecule has 0 aliphatic carbocycles. The Labute approximate surface area is 121 Å². The van der Waals surface area contributed by atoms with Crippen LogP contribution in [0, 0.1) is 0 Å². The molecule has 0 saturated heterocycles. The van der Waals surface area contributed by atoms with Crippen molar-refractivity contribution in [1.82, 2.24) is 0 Å². The molecule has 2 heterocycles. The second-order valence-corrected chi connectivity index (χ2v) is 5.31. The van der Waals surface area contributed by atoms with Gasteiger partial charge in [-0.15, -0.1) is 0 Å². The van der Waals surface area contributed by atoms with E-state index in [2.05, 4.69) is 0 Å². The third-order valence-corrected chi connectivity index (χ3v) is 3.98. The Morgan fingerprint density at radius 2 is 1.81 bits per heavy atom. The zero-order chi connectivity index (χ0) is 14.4. The minimum atomic E-state index is -0.462. The molecular weight excluding hydrogens is 266 g/mol. The van der Waals surface area contributed by atoms with Crippen molar-refractivity contribution in [2.75, 3.05) is 11.4 Å². The predicted octanol–water partition coefficient (Wildman–Crippen LogP) is 2.22. The van der Waals surface area contributed by atoms with Crippen molar-refractivity contribution in [3.63, 3.8) is 0 Å². The van der Waals surface area contributed by atoms with Gasteiger partial charge < -0.3 is 9.64 Å². The molecule has 0 aromatic heterocycles. The second kappa shape index (κ2) is 4.45. The van der Waals surface area contributed by atoms with E-state index in [4.69, 9.17) is 4.74 Å². The Hall–Kier alpha value is -2.62. The normalized spacial score (nSPS) is 19.4. The Balaban J connectivity index is 1.59. The topological polar surface area (TPSA) is 46.6 Å². The highest BCUT2D eigenvalue weighted by Gasteiger charge is 2.38. The third kappa shape index (κ3) is 1.83. The molecule has 0 bridgehead atoms. The molecule has 2 aromatic rings. The van der Waals surface area contributed by atoms with Gasteiger partial charge in [0.1, 0.15) is 11.9 Å². The molecule has 0 spiro atoms. The summed E-state index contributed by atoms with van der Waals surface area (Å²) < 4.78 is 5.86. The van der Waals surface area contributed by atoms with Crippen molar-refractivity contribution in [3.8, 4) is 5.75 Å². The molecule has 0 saturated carbocycles.